The molecule has 27 heavy (non-hydrogen) atoms. The van der Waals surface area contributed by atoms with Crippen molar-refractivity contribution in [1.29, 1.82) is 0 Å². The maximum atomic E-state index is 13.4. The van der Waals surface area contributed by atoms with Gasteiger partial charge in [0.15, 0.2) is 5.65 Å². The van der Waals surface area contributed by atoms with Crippen molar-refractivity contribution in [2.24, 2.45) is 0 Å². The summed E-state index contributed by atoms with van der Waals surface area (Å²) in [5.41, 5.74) is 6.28. The van der Waals surface area contributed by atoms with Crippen LogP contribution in [0.15, 0.2) is 24.3 Å². The number of rotatable bonds is 2. The molecule has 0 aliphatic carbocycles. The second-order valence-corrected chi connectivity index (χ2v) is 7.68. The molecule has 4 rings (SSSR count). The van der Waals surface area contributed by atoms with Crippen LogP contribution in [0, 0.1) is 20.8 Å². The van der Waals surface area contributed by atoms with Gasteiger partial charge in [-0.15, -0.1) is 0 Å². The molecular weight excluding hydrogens is 336 g/mol. The van der Waals surface area contributed by atoms with Gasteiger partial charge in [0.2, 0.25) is 0 Å². The van der Waals surface area contributed by atoms with Crippen LogP contribution in [0.5, 0.6) is 0 Å². The molecule has 0 fully saturated rings. The van der Waals surface area contributed by atoms with Crippen molar-refractivity contribution >= 4 is 22.8 Å². The molecule has 5 heteroatoms. The van der Waals surface area contributed by atoms with Crippen molar-refractivity contribution in [2.75, 3.05) is 11.9 Å². The molecule has 3 aromatic rings. The van der Waals surface area contributed by atoms with E-state index < -0.39 is 0 Å². The molecule has 0 saturated carbocycles. The molecule has 0 unspecified atom stereocenters. The molecule has 1 aliphatic rings. The Morgan fingerprint density at radius 3 is 2.48 bits per heavy atom. The summed E-state index contributed by atoms with van der Waals surface area (Å²) >= 11 is 0. The van der Waals surface area contributed by atoms with Crippen molar-refractivity contribution in [2.45, 2.75) is 53.0 Å². The number of aromatic nitrogens is 3. The van der Waals surface area contributed by atoms with E-state index in [0.717, 1.165) is 65.3 Å². The summed E-state index contributed by atoms with van der Waals surface area (Å²) in [6.07, 6.45) is 4.46. The first-order chi connectivity index (χ1) is 12.9. The maximum absolute atomic E-state index is 13.4. The van der Waals surface area contributed by atoms with Crippen molar-refractivity contribution in [3.63, 3.8) is 0 Å². The van der Waals surface area contributed by atoms with Crippen molar-refractivity contribution in [1.82, 2.24) is 14.5 Å². The van der Waals surface area contributed by atoms with E-state index >= 15 is 0 Å². The highest BCUT2D eigenvalue weighted by Crippen LogP contribution is 2.26. The summed E-state index contributed by atoms with van der Waals surface area (Å²) in [7, 11) is 1.83. The van der Waals surface area contributed by atoms with Gasteiger partial charge in [-0.1, -0.05) is 12.5 Å². The lowest BCUT2D eigenvalue weighted by Gasteiger charge is -2.19. The second-order valence-electron chi connectivity index (χ2n) is 7.68. The molecular formula is C22H26N4O. The first-order valence-corrected chi connectivity index (χ1v) is 9.67. The van der Waals surface area contributed by atoms with E-state index in [4.69, 9.17) is 9.97 Å². The molecule has 0 spiro atoms. The molecule has 1 amide bonds. The maximum Gasteiger partial charge on any atom is 0.260 e. The summed E-state index contributed by atoms with van der Waals surface area (Å²) in [5, 5.41) is 0. The predicted octanol–water partition coefficient (Wildman–Crippen LogP) is 4.36. The van der Waals surface area contributed by atoms with Gasteiger partial charge in [-0.05, 0) is 62.9 Å². The molecule has 2 aromatic heterocycles. The van der Waals surface area contributed by atoms with E-state index in [-0.39, 0.29) is 5.91 Å². The molecule has 0 radical (unpaired) electrons. The minimum absolute atomic E-state index is 0.0382. The van der Waals surface area contributed by atoms with Crippen molar-refractivity contribution in [3.05, 3.63) is 52.5 Å². The number of imidazole rings is 1. The van der Waals surface area contributed by atoms with E-state index in [1.807, 2.05) is 32.2 Å². The minimum Gasteiger partial charge on any atom is -0.313 e. The van der Waals surface area contributed by atoms with Crippen LogP contribution in [0.4, 0.5) is 5.69 Å². The third-order valence-corrected chi connectivity index (χ3v) is 5.32. The number of fused-ring (bicyclic) bond motifs is 3. The number of carbonyl (C=O) groups excluding carboxylic acids is 1. The van der Waals surface area contributed by atoms with Gasteiger partial charge in [0.25, 0.3) is 5.91 Å². The Morgan fingerprint density at radius 2 is 1.74 bits per heavy atom. The Balaban J connectivity index is 1.82. The second kappa shape index (κ2) is 6.80. The number of hydrogen-bond donors (Lipinski definition) is 0. The highest BCUT2D eigenvalue weighted by atomic mass is 16.2. The van der Waals surface area contributed by atoms with Gasteiger partial charge in [0, 0.05) is 31.4 Å². The number of amides is 1. The van der Waals surface area contributed by atoms with Gasteiger partial charge in [-0.3, -0.25) is 4.79 Å². The van der Waals surface area contributed by atoms with Crippen LogP contribution in [0.1, 0.15) is 52.3 Å². The SMILES string of the molecule is Cc1cc(C)cc(N(C)C(=O)c2cc(C)nc3c2nc2n3CCCCC2)c1. The Labute approximate surface area is 160 Å². The standard InChI is InChI=1S/C22H26N4O/c1-14-10-15(2)12-17(11-14)25(4)22(27)18-13-16(3)23-21-20(18)24-19-8-6-5-7-9-26(19)21/h10-13H,5-9H2,1-4H3. The fourth-order valence-electron chi connectivity index (χ4n) is 4.02. The third-order valence-electron chi connectivity index (χ3n) is 5.32. The van der Waals surface area contributed by atoms with E-state index in [2.05, 4.69) is 24.5 Å². The number of nitrogens with zero attached hydrogens (tertiary/aromatic N) is 4. The Morgan fingerprint density at radius 1 is 1.00 bits per heavy atom. The molecule has 0 N–H and O–H groups in total. The van der Waals surface area contributed by atoms with Gasteiger partial charge >= 0.3 is 0 Å². The topological polar surface area (TPSA) is 51.0 Å². The van der Waals surface area contributed by atoms with Crippen molar-refractivity contribution in [3.8, 4) is 0 Å². The van der Waals surface area contributed by atoms with Crippen LogP contribution in [-0.2, 0) is 13.0 Å². The van der Waals surface area contributed by atoms with Crippen molar-refractivity contribution < 1.29 is 4.79 Å². The monoisotopic (exact) mass is 362 g/mol. The van der Waals surface area contributed by atoms with Crippen LogP contribution in [0.2, 0.25) is 0 Å². The zero-order valence-corrected chi connectivity index (χ0v) is 16.5. The lowest BCUT2D eigenvalue weighted by Crippen LogP contribution is -2.27. The predicted molar refractivity (Wildman–Crippen MR) is 108 cm³/mol. The summed E-state index contributed by atoms with van der Waals surface area (Å²) in [6.45, 7) is 6.98. The average molecular weight is 362 g/mol. The van der Waals surface area contributed by atoms with Gasteiger partial charge < -0.3 is 9.47 Å². The van der Waals surface area contributed by atoms with E-state index in [1.54, 1.807) is 4.90 Å². The molecule has 3 heterocycles. The Bertz CT molecular complexity index is 1010. The first kappa shape index (κ1) is 17.7. The highest BCUT2D eigenvalue weighted by molar-refractivity contribution is 6.12. The number of carbonyl (C=O) groups is 1. The van der Waals surface area contributed by atoms with Gasteiger partial charge in [-0.2, -0.15) is 0 Å². The number of benzene rings is 1. The van der Waals surface area contributed by atoms with Crippen LogP contribution in [0.3, 0.4) is 0 Å². The summed E-state index contributed by atoms with van der Waals surface area (Å²) < 4.78 is 2.21. The molecule has 1 aliphatic heterocycles. The van der Waals surface area contributed by atoms with Gasteiger partial charge in [0.05, 0.1) is 5.56 Å². The molecule has 1 aromatic carbocycles. The molecule has 0 atom stereocenters. The third kappa shape index (κ3) is 3.22. The lowest BCUT2D eigenvalue weighted by atomic mass is 10.1. The summed E-state index contributed by atoms with van der Waals surface area (Å²) in [5.74, 6) is 1.02. The van der Waals surface area contributed by atoms with E-state index in [0.29, 0.717) is 5.56 Å². The highest BCUT2D eigenvalue weighted by Gasteiger charge is 2.23. The Kier molecular flexibility index (Phi) is 4.46. The zero-order valence-electron chi connectivity index (χ0n) is 16.5. The van der Waals surface area contributed by atoms with Crippen LogP contribution < -0.4 is 4.90 Å². The van der Waals surface area contributed by atoms with Gasteiger partial charge in [0.1, 0.15) is 11.3 Å². The lowest BCUT2D eigenvalue weighted by molar-refractivity contribution is 0.0994. The molecule has 0 saturated heterocycles. The van der Waals surface area contributed by atoms with Gasteiger partial charge in [-0.25, -0.2) is 9.97 Å². The molecule has 0 bridgehead atoms. The largest absolute Gasteiger partial charge is 0.313 e. The number of aryl methyl sites for hydroxylation is 5. The zero-order chi connectivity index (χ0) is 19.1. The quantitative estimate of drug-likeness (QED) is 0.681. The Hall–Kier alpha value is -2.69. The molecule has 5 nitrogen and oxygen atoms in total. The number of anilines is 1. The van der Waals surface area contributed by atoms with Crippen LogP contribution in [-0.4, -0.2) is 27.5 Å². The minimum atomic E-state index is -0.0382. The van der Waals surface area contributed by atoms with Crippen LogP contribution >= 0.6 is 0 Å². The summed E-state index contributed by atoms with van der Waals surface area (Å²) in [4.78, 5) is 24.6. The first-order valence-electron chi connectivity index (χ1n) is 9.67. The summed E-state index contributed by atoms with van der Waals surface area (Å²) in [6, 6.07) is 8.07. The number of hydrogen-bond acceptors (Lipinski definition) is 3. The smallest absolute Gasteiger partial charge is 0.260 e. The fraction of sp³-hybridized carbons (Fsp3) is 0.409. The number of pyridine rings is 1. The molecule has 140 valence electrons. The average Bonchev–Trinajstić information content (AvgIpc) is 2.81. The van der Waals surface area contributed by atoms with Crippen LogP contribution in [0.25, 0.3) is 11.2 Å². The normalized spacial score (nSPS) is 14.1. The van der Waals surface area contributed by atoms with E-state index in [1.165, 1.54) is 6.42 Å². The fourth-order valence-corrected chi connectivity index (χ4v) is 4.02. The van der Waals surface area contributed by atoms with E-state index in [9.17, 15) is 4.79 Å².